The number of nitrogens with zero attached hydrogens (tertiary/aromatic N) is 3. The molecule has 1 aromatic heterocycles. The normalized spacial score (nSPS) is 9.80. The molecule has 0 fully saturated rings. The Bertz CT molecular complexity index is 352. The Labute approximate surface area is 94.0 Å². The van der Waals surface area contributed by atoms with E-state index in [0.717, 1.165) is 12.1 Å². The first-order valence-corrected chi connectivity index (χ1v) is 5.03. The van der Waals surface area contributed by atoms with E-state index in [1.165, 1.54) is 0 Å². The molecule has 1 heterocycles. The van der Waals surface area contributed by atoms with Gasteiger partial charge in [-0.2, -0.15) is 15.0 Å². The largest absolute Gasteiger partial charge is 0.354 e. The van der Waals surface area contributed by atoms with E-state index in [9.17, 15) is 0 Å². The number of anilines is 2. The summed E-state index contributed by atoms with van der Waals surface area (Å²) in [6, 6.07) is 0. The average Bonchev–Trinajstić information content (AvgIpc) is 2.14. The van der Waals surface area contributed by atoms with Gasteiger partial charge in [0, 0.05) is 13.1 Å². The zero-order chi connectivity index (χ0) is 11.3. The van der Waals surface area contributed by atoms with E-state index in [1.54, 1.807) is 0 Å². The molecular weight excluding hydrogens is 214 g/mol. The van der Waals surface area contributed by atoms with Gasteiger partial charge in [-0.25, -0.2) is 0 Å². The van der Waals surface area contributed by atoms with Gasteiger partial charge in [-0.1, -0.05) is 12.2 Å². The number of aromatic nitrogens is 3. The Hall–Kier alpha value is -1.36. The molecule has 0 atom stereocenters. The van der Waals surface area contributed by atoms with Gasteiger partial charge in [-0.15, -0.1) is 0 Å². The van der Waals surface area contributed by atoms with Crippen molar-refractivity contribution in [2.75, 3.05) is 23.7 Å². The van der Waals surface area contributed by atoms with Crippen LogP contribution in [0.25, 0.3) is 0 Å². The van der Waals surface area contributed by atoms with Crippen LogP contribution in [0.3, 0.4) is 0 Å². The molecule has 0 aromatic carbocycles. The highest BCUT2D eigenvalue weighted by atomic mass is 35.5. The van der Waals surface area contributed by atoms with Crippen LogP contribution in [0.2, 0.25) is 5.28 Å². The molecule has 0 spiro atoms. The minimum absolute atomic E-state index is 0.171. The first-order valence-electron chi connectivity index (χ1n) is 4.65. The molecule has 6 heteroatoms. The van der Waals surface area contributed by atoms with Gasteiger partial charge in [0.15, 0.2) is 0 Å². The van der Waals surface area contributed by atoms with Gasteiger partial charge in [-0.05, 0) is 25.4 Å². The van der Waals surface area contributed by atoms with Crippen molar-refractivity contribution in [1.82, 2.24) is 15.0 Å². The SMILES string of the molecule is C=C(C)CNc1nc(Cl)nc(NCC)n1. The Balaban J connectivity index is 2.74. The Kier molecular flexibility index (Phi) is 4.30. The molecule has 1 rings (SSSR count). The Morgan fingerprint density at radius 2 is 1.87 bits per heavy atom. The summed E-state index contributed by atoms with van der Waals surface area (Å²) in [5, 5.41) is 6.14. The van der Waals surface area contributed by atoms with Gasteiger partial charge in [-0.3, -0.25) is 0 Å². The quantitative estimate of drug-likeness (QED) is 0.753. The average molecular weight is 228 g/mol. The third-order valence-corrected chi connectivity index (χ3v) is 1.66. The zero-order valence-corrected chi connectivity index (χ0v) is 9.60. The van der Waals surface area contributed by atoms with Crippen LogP contribution in [0.1, 0.15) is 13.8 Å². The van der Waals surface area contributed by atoms with Crippen LogP contribution in [0.5, 0.6) is 0 Å². The summed E-state index contributed by atoms with van der Waals surface area (Å²) in [5.74, 6) is 0.927. The van der Waals surface area contributed by atoms with Crippen molar-refractivity contribution >= 4 is 23.5 Å². The number of hydrogen-bond acceptors (Lipinski definition) is 5. The molecule has 1 aromatic rings. The highest BCUT2D eigenvalue weighted by Gasteiger charge is 2.03. The highest BCUT2D eigenvalue weighted by molar-refractivity contribution is 6.28. The fourth-order valence-corrected chi connectivity index (χ4v) is 1.06. The van der Waals surface area contributed by atoms with E-state index in [0.29, 0.717) is 18.4 Å². The van der Waals surface area contributed by atoms with Crippen molar-refractivity contribution < 1.29 is 0 Å². The van der Waals surface area contributed by atoms with E-state index in [4.69, 9.17) is 11.6 Å². The molecule has 0 radical (unpaired) electrons. The maximum Gasteiger partial charge on any atom is 0.229 e. The Morgan fingerprint density at radius 1 is 1.27 bits per heavy atom. The number of rotatable bonds is 5. The summed E-state index contributed by atoms with van der Waals surface area (Å²) in [5.41, 5.74) is 0.997. The van der Waals surface area contributed by atoms with E-state index in [1.807, 2.05) is 13.8 Å². The van der Waals surface area contributed by atoms with E-state index in [2.05, 4.69) is 32.2 Å². The first kappa shape index (κ1) is 11.7. The maximum atomic E-state index is 5.74. The lowest BCUT2D eigenvalue weighted by molar-refractivity contribution is 1.00. The summed E-state index contributed by atoms with van der Waals surface area (Å²) in [6.07, 6.45) is 0. The van der Waals surface area contributed by atoms with Crippen LogP contribution in [-0.2, 0) is 0 Å². The van der Waals surface area contributed by atoms with Crippen LogP contribution in [0.15, 0.2) is 12.2 Å². The molecule has 0 unspecified atom stereocenters. The lowest BCUT2D eigenvalue weighted by atomic mass is 10.3. The number of halogens is 1. The lowest BCUT2D eigenvalue weighted by Gasteiger charge is -2.06. The van der Waals surface area contributed by atoms with E-state index >= 15 is 0 Å². The standard InChI is InChI=1S/C9H14ClN5/c1-4-11-8-13-7(10)14-9(15-8)12-5-6(2)3/h2,4-5H2,1,3H3,(H2,11,12,13,14,15). The molecular formula is C9H14ClN5. The second-order valence-electron chi connectivity index (χ2n) is 3.09. The zero-order valence-electron chi connectivity index (χ0n) is 8.84. The molecule has 15 heavy (non-hydrogen) atoms. The molecule has 0 aliphatic heterocycles. The van der Waals surface area contributed by atoms with E-state index < -0.39 is 0 Å². The fraction of sp³-hybridized carbons (Fsp3) is 0.444. The third-order valence-electron chi connectivity index (χ3n) is 1.49. The predicted octanol–water partition coefficient (Wildman–Crippen LogP) is 1.94. The topological polar surface area (TPSA) is 62.7 Å². The molecule has 0 bridgehead atoms. The van der Waals surface area contributed by atoms with Gasteiger partial charge < -0.3 is 10.6 Å². The van der Waals surface area contributed by atoms with Crippen molar-refractivity contribution in [3.63, 3.8) is 0 Å². The highest BCUT2D eigenvalue weighted by Crippen LogP contribution is 2.09. The Morgan fingerprint density at radius 3 is 2.40 bits per heavy atom. The maximum absolute atomic E-state index is 5.74. The third kappa shape index (κ3) is 4.12. The molecule has 5 nitrogen and oxygen atoms in total. The second kappa shape index (κ2) is 5.50. The van der Waals surface area contributed by atoms with Crippen LogP contribution >= 0.6 is 11.6 Å². The van der Waals surface area contributed by atoms with Crippen molar-refractivity contribution in [3.05, 3.63) is 17.4 Å². The summed E-state index contributed by atoms with van der Waals surface area (Å²) in [7, 11) is 0. The molecule has 2 N–H and O–H groups in total. The lowest BCUT2D eigenvalue weighted by Crippen LogP contribution is -2.10. The van der Waals surface area contributed by atoms with Crippen LogP contribution < -0.4 is 10.6 Å². The molecule has 0 saturated heterocycles. The number of nitrogens with one attached hydrogen (secondary N) is 2. The van der Waals surface area contributed by atoms with Crippen LogP contribution in [-0.4, -0.2) is 28.0 Å². The van der Waals surface area contributed by atoms with Crippen molar-refractivity contribution in [2.24, 2.45) is 0 Å². The molecule has 0 saturated carbocycles. The summed E-state index contributed by atoms with van der Waals surface area (Å²) in [6.45, 7) is 9.00. The second-order valence-corrected chi connectivity index (χ2v) is 3.43. The fourth-order valence-electron chi connectivity index (χ4n) is 0.896. The number of hydrogen-bond donors (Lipinski definition) is 2. The van der Waals surface area contributed by atoms with Crippen LogP contribution in [0.4, 0.5) is 11.9 Å². The summed E-state index contributed by atoms with van der Waals surface area (Å²) >= 11 is 5.74. The minimum Gasteiger partial charge on any atom is -0.354 e. The summed E-state index contributed by atoms with van der Waals surface area (Å²) < 4.78 is 0. The van der Waals surface area contributed by atoms with E-state index in [-0.39, 0.29) is 5.28 Å². The molecule has 82 valence electrons. The predicted molar refractivity (Wildman–Crippen MR) is 62.3 cm³/mol. The van der Waals surface area contributed by atoms with Gasteiger partial charge in [0.2, 0.25) is 17.2 Å². The monoisotopic (exact) mass is 227 g/mol. The first-order chi connectivity index (χ1) is 7.11. The van der Waals surface area contributed by atoms with Gasteiger partial charge in [0.1, 0.15) is 0 Å². The van der Waals surface area contributed by atoms with Crippen LogP contribution in [0, 0.1) is 0 Å². The van der Waals surface area contributed by atoms with Crippen molar-refractivity contribution in [3.8, 4) is 0 Å². The summed E-state index contributed by atoms with van der Waals surface area (Å²) in [4.78, 5) is 12.0. The van der Waals surface area contributed by atoms with Crippen molar-refractivity contribution in [1.29, 1.82) is 0 Å². The molecule has 0 aliphatic carbocycles. The van der Waals surface area contributed by atoms with Crippen molar-refractivity contribution in [2.45, 2.75) is 13.8 Å². The smallest absolute Gasteiger partial charge is 0.229 e. The molecule has 0 aliphatic rings. The molecule has 0 amide bonds. The minimum atomic E-state index is 0.171. The van der Waals surface area contributed by atoms with Gasteiger partial charge in [0.25, 0.3) is 0 Å². The van der Waals surface area contributed by atoms with Gasteiger partial charge in [0.05, 0.1) is 0 Å². The van der Waals surface area contributed by atoms with Gasteiger partial charge >= 0.3 is 0 Å².